The number of rotatable bonds is 4. The van der Waals surface area contributed by atoms with E-state index in [1.165, 1.54) is 7.11 Å². The maximum Gasteiger partial charge on any atom is 0.404 e. The number of hydrogen-bond acceptors (Lipinski definition) is 6. The van der Waals surface area contributed by atoms with Gasteiger partial charge in [0.15, 0.2) is 0 Å². The molecule has 2 amide bonds. The SMILES string of the molecule is CNc1c(N)cc(C(=O)N2CCC[C@@H](OC(N)=O)C2)cc1OC. The van der Waals surface area contributed by atoms with Crippen LogP contribution in [0.3, 0.4) is 0 Å². The van der Waals surface area contributed by atoms with Crippen molar-refractivity contribution >= 4 is 23.4 Å². The first-order valence-electron chi connectivity index (χ1n) is 7.37. The highest BCUT2D eigenvalue weighted by Gasteiger charge is 2.27. The molecule has 0 aromatic heterocycles. The van der Waals surface area contributed by atoms with Gasteiger partial charge >= 0.3 is 6.09 Å². The standard InChI is InChI=1S/C15H22N4O4/c1-18-13-11(16)6-9(7-12(13)22-2)14(20)19-5-3-4-10(8-19)23-15(17)21/h6-7,10,18H,3-5,8,16H2,1-2H3,(H2,17,21)/t10-/m1/s1. The number of nitrogens with one attached hydrogen (secondary N) is 1. The summed E-state index contributed by atoms with van der Waals surface area (Å²) in [6.07, 6.45) is 0.233. The van der Waals surface area contributed by atoms with Crippen molar-refractivity contribution in [3.05, 3.63) is 17.7 Å². The van der Waals surface area contributed by atoms with Crippen LogP contribution in [-0.2, 0) is 4.74 Å². The summed E-state index contributed by atoms with van der Waals surface area (Å²) in [4.78, 5) is 25.2. The van der Waals surface area contributed by atoms with Crippen LogP contribution in [0.25, 0.3) is 0 Å². The molecule has 0 bridgehead atoms. The van der Waals surface area contributed by atoms with Crippen LogP contribution in [0.1, 0.15) is 23.2 Å². The predicted molar refractivity (Wildman–Crippen MR) is 86.5 cm³/mol. The van der Waals surface area contributed by atoms with Gasteiger partial charge in [0.1, 0.15) is 11.9 Å². The molecule has 1 fully saturated rings. The van der Waals surface area contributed by atoms with E-state index < -0.39 is 6.09 Å². The molecule has 5 N–H and O–H groups in total. The minimum Gasteiger partial charge on any atom is -0.494 e. The molecule has 8 heteroatoms. The molecule has 0 saturated carbocycles. The molecule has 126 valence electrons. The van der Waals surface area contributed by atoms with Crippen molar-refractivity contribution in [1.82, 2.24) is 4.90 Å². The third-order valence-electron chi connectivity index (χ3n) is 3.80. The first-order valence-corrected chi connectivity index (χ1v) is 7.37. The van der Waals surface area contributed by atoms with Gasteiger partial charge in [-0.1, -0.05) is 0 Å². The lowest BCUT2D eigenvalue weighted by Crippen LogP contribution is -2.44. The van der Waals surface area contributed by atoms with Crippen LogP contribution < -0.4 is 21.5 Å². The molecule has 0 radical (unpaired) electrons. The number of primary amides is 1. The molecule has 1 aliphatic rings. The van der Waals surface area contributed by atoms with Crippen molar-refractivity contribution in [1.29, 1.82) is 0 Å². The smallest absolute Gasteiger partial charge is 0.404 e. The second kappa shape index (κ2) is 7.08. The molecule has 1 aromatic rings. The summed E-state index contributed by atoms with van der Waals surface area (Å²) >= 11 is 0. The van der Waals surface area contributed by atoms with Gasteiger partial charge in [0.2, 0.25) is 0 Å². The van der Waals surface area contributed by atoms with Gasteiger partial charge in [0.25, 0.3) is 5.91 Å². The second-order valence-corrected chi connectivity index (χ2v) is 5.35. The van der Waals surface area contributed by atoms with E-state index >= 15 is 0 Å². The topological polar surface area (TPSA) is 120 Å². The maximum absolute atomic E-state index is 12.7. The molecule has 1 aromatic carbocycles. The Morgan fingerprint density at radius 1 is 1.39 bits per heavy atom. The van der Waals surface area contributed by atoms with Crippen LogP contribution in [0.4, 0.5) is 16.2 Å². The number of piperidine rings is 1. The number of hydrogen-bond donors (Lipinski definition) is 3. The molecule has 8 nitrogen and oxygen atoms in total. The number of nitrogens with two attached hydrogens (primary N) is 2. The van der Waals surface area contributed by atoms with Crippen LogP contribution in [0.15, 0.2) is 12.1 Å². The molecule has 0 spiro atoms. The quantitative estimate of drug-likeness (QED) is 0.712. The molecular formula is C15H22N4O4. The summed E-state index contributed by atoms with van der Waals surface area (Å²) < 4.78 is 10.3. The van der Waals surface area contributed by atoms with Crippen LogP contribution >= 0.6 is 0 Å². The number of methoxy groups -OCH3 is 1. The largest absolute Gasteiger partial charge is 0.494 e. The van der Waals surface area contributed by atoms with Gasteiger partial charge in [0.05, 0.1) is 25.0 Å². The first-order chi connectivity index (χ1) is 11.0. The number of ether oxygens (including phenoxy) is 2. The summed E-state index contributed by atoms with van der Waals surface area (Å²) in [5.41, 5.74) is 12.5. The highest BCUT2D eigenvalue weighted by molar-refractivity contribution is 5.97. The molecular weight excluding hydrogens is 300 g/mol. The fraction of sp³-hybridized carbons (Fsp3) is 0.467. The Balaban J connectivity index is 2.19. The van der Waals surface area contributed by atoms with E-state index in [0.29, 0.717) is 42.2 Å². The Kier molecular flexibility index (Phi) is 5.15. The Morgan fingerprint density at radius 2 is 2.13 bits per heavy atom. The van der Waals surface area contributed by atoms with E-state index in [2.05, 4.69) is 5.32 Å². The summed E-state index contributed by atoms with van der Waals surface area (Å²) in [6.45, 7) is 0.908. The number of likely N-dealkylation sites (tertiary alicyclic amines) is 1. The fourth-order valence-corrected chi connectivity index (χ4v) is 2.75. The molecule has 1 heterocycles. The lowest BCUT2D eigenvalue weighted by molar-refractivity contribution is 0.0373. The fourth-order valence-electron chi connectivity index (χ4n) is 2.75. The maximum atomic E-state index is 12.7. The Bertz CT molecular complexity index is 605. The van der Waals surface area contributed by atoms with Crippen molar-refractivity contribution in [2.45, 2.75) is 18.9 Å². The van der Waals surface area contributed by atoms with Crippen LogP contribution in [0.5, 0.6) is 5.75 Å². The highest BCUT2D eigenvalue weighted by Crippen LogP contribution is 2.32. The lowest BCUT2D eigenvalue weighted by Gasteiger charge is -2.32. The Morgan fingerprint density at radius 3 is 2.74 bits per heavy atom. The minimum absolute atomic E-state index is 0.185. The molecule has 1 saturated heterocycles. The number of benzene rings is 1. The van der Waals surface area contributed by atoms with E-state index in [1.807, 2.05) is 0 Å². The van der Waals surface area contributed by atoms with Crippen LogP contribution in [0.2, 0.25) is 0 Å². The van der Waals surface area contributed by atoms with Gasteiger partial charge in [0, 0.05) is 19.2 Å². The van der Waals surface area contributed by atoms with Crippen molar-refractivity contribution < 1.29 is 19.1 Å². The van der Waals surface area contributed by atoms with Crippen LogP contribution in [-0.4, -0.2) is 50.3 Å². The molecule has 1 atom stereocenters. The summed E-state index contributed by atoms with van der Waals surface area (Å²) in [6, 6.07) is 3.25. The summed E-state index contributed by atoms with van der Waals surface area (Å²) in [7, 11) is 3.24. The molecule has 0 unspecified atom stereocenters. The molecule has 1 aliphatic heterocycles. The molecule has 23 heavy (non-hydrogen) atoms. The van der Waals surface area contributed by atoms with Crippen molar-refractivity contribution in [3.63, 3.8) is 0 Å². The molecule has 0 aliphatic carbocycles. The summed E-state index contributed by atoms with van der Waals surface area (Å²) in [5.74, 6) is 0.313. The minimum atomic E-state index is -0.825. The van der Waals surface area contributed by atoms with Crippen LogP contribution in [0, 0.1) is 0 Å². The predicted octanol–water partition coefficient (Wildman–Crippen LogP) is 1.02. The number of nitrogens with zero attached hydrogens (tertiary/aromatic N) is 1. The number of amides is 2. The average molecular weight is 322 g/mol. The van der Waals surface area contributed by atoms with Crippen molar-refractivity contribution in [2.75, 3.05) is 38.3 Å². The second-order valence-electron chi connectivity index (χ2n) is 5.35. The number of anilines is 2. The van der Waals surface area contributed by atoms with E-state index in [9.17, 15) is 9.59 Å². The first kappa shape index (κ1) is 16.7. The normalized spacial score (nSPS) is 17.5. The molecule has 2 rings (SSSR count). The van der Waals surface area contributed by atoms with Crippen molar-refractivity contribution in [2.24, 2.45) is 5.73 Å². The Hall–Kier alpha value is -2.64. The highest BCUT2D eigenvalue weighted by atomic mass is 16.6. The van der Waals surface area contributed by atoms with Crippen molar-refractivity contribution in [3.8, 4) is 5.75 Å². The third kappa shape index (κ3) is 3.77. The lowest BCUT2D eigenvalue weighted by atomic mass is 10.1. The zero-order chi connectivity index (χ0) is 17.0. The zero-order valence-corrected chi connectivity index (χ0v) is 13.3. The van der Waals surface area contributed by atoms with Gasteiger partial charge < -0.3 is 31.2 Å². The van der Waals surface area contributed by atoms with Gasteiger partial charge in [-0.05, 0) is 25.0 Å². The number of nitrogen functional groups attached to an aromatic ring is 1. The van der Waals surface area contributed by atoms with E-state index in [4.69, 9.17) is 20.9 Å². The monoisotopic (exact) mass is 322 g/mol. The van der Waals surface area contributed by atoms with E-state index in [0.717, 1.165) is 6.42 Å². The van der Waals surface area contributed by atoms with Gasteiger partial charge in [-0.2, -0.15) is 0 Å². The van der Waals surface area contributed by atoms with Gasteiger partial charge in [-0.15, -0.1) is 0 Å². The summed E-state index contributed by atoms with van der Waals surface area (Å²) in [5, 5.41) is 2.94. The zero-order valence-electron chi connectivity index (χ0n) is 13.3. The number of carbonyl (C=O) groups excluding carboxylic acids is 2. The average Bonchev–Trinajstić information content (AvgIpc) is 2.52. The van der Waals surface area contributed by atoms with E-state index in [1.54, 1.807) is 24.1 Å². The number of carbonyl (C=O) groups is 2. The van der Waals surface area contributed by atoms with Gasteiger partial charge in [-0.3, -0.25) is 4.79 Å². The van der Waals surface area contributed by atoms with E-state index in [-0.39, 0.29) is 12.0 Å². The third-order valence-corrected chi connectivity index (χ3v) is 3.80. The van der Waals surface area contributed by atoms with Gasteiger partial charge in [-0.25, -0.2) is 4.79 Å². The Labute approximate surface area is 134 Å².